The van der Waals surface area contributed by atoms with Gasteiger partial charge in [0.15, 0.2) is 0 Å². The highest BCUT2D eigenvalue weighted by atomic mass is 32.1. The maximum absolute atomic E-state index is 3.90. The molecule has 1 heterocycles. The van der Waals surface area contributed by atoms with Crippen LogP contribution in [-0.2, 0) is 0 Å². The molecule has 0 N–H and O–H groups in total. The van der Waals surface area contributed by atoms with Gasteiger partial charge in [0.25, 0.3) is 0 Å². The highest BCUT2D eigenvalue weighted by molar-refractivity contribution is 7.26. The average Bonchev–Trinajstić information content (AvgIpc) is 3.13. The monoisotopic (exact) mass is 376 g/mol. The number of thiophene rings is 1. The van der Waals surface area contributed by atoms with Crippen LogP contribution in [0.4, 0.5) is 0 Å². The number of allylic oxidation sites excluding steroid dienone is 3. The molecule has 0 spiro atoms. The first-order valence-electron chi connectivity index (χ1n) is 9.52. The van der Waals surface area contributed by atoms with Crippen molar-refractivity contribution in [3.05, 3.63) is 103 Å². The molecule has 1 aromatic heterocycles. The van der Waals surface area contributed by atoms with Crippen LogP contribution in [0.1, 0.15) is 12.5 Å². The van der Waals surface area contributed by atoms with E-state index >= 15 is 0 Å². The summed E-state index contributed by atoms with van der Waals surface area (Å²) in [6.45, 7) is 5.95. The van der Waals surface area contributed by atoms with Crippen molar-refractivity contribution >= 4 is 47.9 Å². The van der Waals surface area contributed by atoms with Crippen molar-refractivity contribution in [2.75, 3.05) is 0 Å². The third-order valence-corrected chi connectivity index (χ3v) is 6.58. The smallest absolute Gasteiger partial charge is 0.0361 e. The molecule has 5 aromatic rings. The predicted molar refractivity (Wildman–Crippen MR) is 126 cm³/mol. The molecule has 0 atom stereocenters. The molecule has 0 unspecified atom stereocenters. The van der Waals surface area contributed by atoms with Gasteiger partial charge in [0, 0.05) is 20.2 Å². The van der Waals surface area contributed by atoms with Crippen LogP contribution < -0.4 is 0 Å². The van der Waals surface area contributed by atoms with E-state index in [1.807, 2.05) is 24.3 Å². The van der Waals surface area contributed by atoms with E-state index in [1.54, 1.807) is 0 Å². The van der Waals surface area contributed by atoms with Crippen molar-refractivity contribution in [1.29, 1.82) is 0 Å². The zero-order valence-electron chi connectivity index (χ0n) is 15.8. The molecule has 0 nitrogen and oxygen atoms in total. The Balaban J connectivity index is 1.70. The molecule has 0 aliphatic heterocycles. The van der Waals surface area contributed by atoms with Crippen LogP contribution in [0, 0.1) is 0 Å². The first kappa shape index (κ1) is 17.0. The number of hydrogen-bond donors (Lipinski definition) is 0. The number of hydrogen-bond acceptors (Lipinski definition) is 1. The summed E-state index contributed by atoms with van der Waals surface area (Å²) in [6.07, 6.45) is 4.00. The van der Waals surface area contributed by atoms with E-state index in [4.69, 9.17) is 0 Å². The second kappa shape index (κ2) is 6.78. The Bertz CT molecular complexity index is 1360. The first-order valence-corrected chi connectivity index (χ1v) is 10.3. The summed E-state index contributed by atoms with van der Waals surface area (Å²) in [5, 5.41) is 5.35. The van der Waals surface area contributed by atoms with E-state index in [0.29, 0.717) is 0 Å². The van der Waals surface area contributed by atoms with E-state index in [2.05, 4.69) is 91.5 Å². The molecule has 28 heavy (non-hydrogen) atoms. The minimum Gasteiger partial charge on any atom is -0.135 e. The highest BCUT2D eigenvalue weighted by Gasteiger charge is 2.10. The summed E-state index contributed by atoms with van der Waals surface area (Å²) >= 11 is 1.87. The highest BCUT2D eigenvalue weighted by Crippen LogP contribution is 2.40. The topological polar surface area (TPSA) is 0 Å². The van der Waals surface area contributed by atoms with Crippen LogP contribution in [0.3, 0.4) is 0 Å². The first-order chi connectivity index (χ1) is 13.8. The van der Waals surface area contributed by atoms with Crippen molar-refractivity contribution in [3.8, 4) is 11.1 Å². The van der Waals surface area contributed by atoms with Crippen LogP contribution in [0.5, 0.6) is 0 Å². The predicted octanol–water partition coefficient (Wildman–Crippen LogP) is 8.46. The van der Waals surface area contributed by atoms with Gasteiger partial charge in [-0.1, -0.05) is 79.4 Å². The van der Waals surface area contributed by atoms with Crippen molar-refractivity contribution in [1.82, 2.24) is 0 Å². The van der Waals surface area contributed by atoms with Gasteiger partial charge in [0.2, 0.25) is 0 Å². The van der Waals surface area contributed by atoms with Gasteiger partial charge < -0.3 is 0 Å². The van der Waals surface area contributed by atoms with E-state index < -0.39 is 0 Å². The fourth-order valence-electron chi connectivity index (χ4n) is 3.98. The van der Waals surface area contributed by atoms with Crippen LogP contribution in [-0.4, -0.2) is 0 Å². The van der Waals surface area contributed by atoms with Gasteiger partial charge in [-0.2, -0.15) is 0 Å². The summed E-state index contributed by atoms with van der Waals surface area (Å²) in [7, 11) is 0. The lowest BCUT2D eigenvalue weighted by molar-refractivity contribution is 1.58. The summed E-state index contributed by atoms with van der Waals surface area (Å²) in [5.74, 6) is 0. The van der Waals surface area contributed by atoms with E-state index in [9.17, 15) is 0 Å². The van der Waals surface area contributed by atoms with Gasteiger partial charge in [0.05, 0.1) is 0 Å². The van der Waals surface area contributed by atoms with Gasteiger partial charge in [-0.3, -0.25) is 0 Å². The maximum Gasteiger partial charge on any atom is 0.0361 e. The van der Waals surface area contributed by atoms with E-state index in [-0.39, 0.29) is 0 Å². The fraction of sp³-hybridized carbons (Fsp3) is 0.0370. The Kier molecular flexibility index (Phi) is 4.11. The summed E-state index contributed by atoms with van der Waals surface area (Å²) in [6, 6.07) is 28.8. The second-order valence-electron chi connectivity index (χ2n) is 7.00. The molecular formula is C27H20S. The van der Waals surface area contributed by atoms with Crippen LogP contribution in [0.25, 0.3) is 47.6 Å². The van der Waals surface area contributed by atoms with Crippen molar-refractivity contribution in [2.24, 2.45) is 0 Å². The lowest BCUT2D eigenvalue weighted by atomic mass is 9.98. The second-order valence-corrected chi connectivity index (χ2v) is 8.08. The largest absolute Gasteiger partial charge is 0.135 e. The molecule has 1 heteroatoms. The van der Waals surface area contributed by atoms with Gasteiger partial charge in [-0.05, 0) is 58.2 Å². The van der Waals surface area contributed by atoms with Gasteiger partial charge >= 0.3 is 0 Å². The molecule has 0 aliphatic carbocycles. The quantitative estimate of drug-likeness (QED) is 0.277. The third kappa shape index (κ3) is 2.67. The van der Waals surface area contributed by atoms with E-state index in [1.165, 1.54) is 47.6 Å². The Morgan fingerprint density at radius 3 is 2.32 bits per heavy atom. The normalized spacial score (nSPS) is 12.1. The van der Waals surface area contributed by atoms with Crippen LogP contribution >= 0.6 is 11.3 Å². The van der Waals surface area contributed by atoms with Gasteiger partial charge in [-0.15, -0.1) is 11.3 Å². The van der Waals surface area contributed by atoms with Crippen LogP contribution in [0.15, 0.2) is 97.6 Å². The lowest BCUT2D eigenvalue weighted by Crippen LogP contribution is -1.82. The fourth-order valence-corrected chi connectivity index (χ4v) is 5.09. The molecular weight excluding hydrogens is 356 g/mol. The molecule has 0 aliphatic rings. The Hall–Kier alpha value is -3.16. The molecule has 0 radical (unpaired) electrons. The standard InChI is InChI=1S/C27H20S/c1-3-18(4-2)19-9-11-20(12-10-19)22-14-15-25-24(17-22)27-23-8-6-5-7-21(23)13-16-26(27)28-25/h3-17H,1H2,2H3/b18-4+. The Morgan fingerprint density at radius 1 is 0.786 bits per heavy atom. The molecule has 0 saturated heterocycles. The minimum atomic E-state index is 1.16. The molecule has 5 rings (SSSR count). The molecule has 0 amide bonds. The zero-order chi connectivity index (χ0) is 19.1. The molecule has 0 fully saturated rings. The minimum absolute atomic E-state index is 1.16. The Labute approximate surface area is 169 Å². The molecule has 134 valence electrons. The van der Waals surface area contributed by atoms with Gasteiger partial charge in [0.1, 0.15) is 0 Å². The maximum atomic E-state index is 3.90. The van der Waals surface area contributed by atoms with Crippen molar-refractivity contribution < 1.29 is 0 Å². The summed E-state index contributed by atoms with van der Waals surface area (Å²) in [4.78, 5) is 0. The molecule has 0 saturated carbocycles. The average molecular weight is 377 g/mol. The Morgan fingerprint density at radius 2 is 1.54 bits per heavy atom. The number of rotatable bonds is 3. The summed E-state index contributed by atoms with van der Waals surface area (Å²) in [5.41, 5.74) is 4.86. The summed E-state index contributed by atoms with van der Waals surface area (Å²) < 4.78 is 2.69. The van der Waals surface area contributed by atoms with Crippen LogP contribution in [0.2, 0.25) is 0 Å². The van der Waals surface area contributed by atoms with Crippen molar-refractivity contribution in [2.45, 2.75) is 6.92 Å². The molecule has 4 aromatic carbocycles. The number of fused-ring (bicyclic) bond motifs is 5. The van der Waals surface area contributed by atoms with E-state index in [0.717, 1.165) is 5.57 Å². The zero-order valence-corrected chi connectivity index (χ0v) is 16.6. The molecule has 0 bridgehead atoms. The van der Waals surface area contributed by atoms with Crippen molar-refractivity contribution in [3.63, 3.8) is 0 Å². The number of benzene rings is 4. The SMILES string of the molecule is C=C/C(=C\C)c1ccc(-c2ccc3sc4ccc5ccccc5c4c3c2)cc1. The van der Waals surface area contributed by atoms with Gasteiger partial charge in [-0.25, -0.2) is 0 Å². The lowest BCUT2D eigenvalue weighted by Gasteiger charge is -2.06. The third-order valence-electron chi connectivity index (χ3n) is 5.44.